The Balaban J connectivity index is 0.00000261. The molecule has 7 heteroatoms. The number of halogens is 1. The molecule has 1 aromatic rings. The lowest BCUT2D eigenvalue weighted by Gasteiger charge is -2.37. The minimum absolute atomic E-state index is 0. The number of carbonyl (C=O) groups excluding carboxylic acids is 2. The molecule has 1 heterocycles. The van der Waals surface area contributed by atoms with Crippen molar-refractivity contribution in [1.29, 1.82) is 0 Å². The molecule has 150 valence electrons. The van der Waals surface area contributed by atoms with Crippen LogP contribution in [0.5, 0.6) is 0 Å². The van der Waals surface area contributed by atoms with Crippen LogP contribution < -0.4 is 5.73 Å². The van der Waals surface area contributed by atoms with E-state index in [1.165, 1.54) is 19.3 Å². The van der Waals surface area contributed by atoms with E-state index in [0.29, 0.717) is 32.1 Å². The smallest absolute Gasteiger partial charge is 0.410 e. The van der Waals surface area contributed by atoms with Gasteiger partial charge in [0.15, 0.2) is 0 Å². The van der Waals surface area contributed by atoms with Crippen molar-refractivity contribution in [2.24, 2.45) is 11.7 Å². The van der Waals surface area contributed by atoms with Crippen LogP contribution in [0.15, 0.2) is 30.3 Å². The van der Waals surface area contributed by atoms with Gasteiger partial charge in [-0.25, -0.2) is 4.79 Å². The minimum atomic E-state index is -0.396. The highest BCUT2D eigenvalue weighted by Gasteiger charge is 2.32. The van der Waals surface area contributed by atoms with Crippen LogP contribution >= 0.6 is 12.4 Å². The molecule has 0 radical (unpaired) electrons. The SMILES string of the molecule is Cl.N[C@H](C(=O)N1CCN(C(=O)OCc2ccccc2)CC1)C1CCCCC1. The van der Waals surface area contributed by atoms with Crippen LogP contribution in [0.25, 0.3) is 0 Å². The molecular weight excluding hydrogens is 366 g/mol. The highest BCUT2D eigenvalue weighted by molar-refractivity contribution is 5.85. The van der Waals surface area contributed by atoms with Gasteiger partial charge in [-0.05, 0) is 24.3 Å². The normalized spacial score (nSPS) is 19.1. The van der Waals surface area contributed by atoms with E-state index in [-0.39, 0.29) is 31.0 Å². The van der Waals surface area contributed by atoms with Crippen molar-refractivity contribution >= 4 is 24.4 Å². The van der Waals surface area contributed by atoms with Gasteiger partial charge in [0.1, 0.15) is 6.61 Å². The molecule has 0 spiro atoms. The topological polar surface area (TPSA) is 75.9 Å². The lowest BCUT2D eigenvalue weighted by molar-refractivity contribution is -0.135. The van der Waals surface area contributed by atoms with Crippen molar-refractivity contribution in [2.75, 3.05) is 26.2 Å². The summed E-state index contributed by atoms with van der Waals surface area (Å²) < 4.78 is 5.36. The second-order valence-corrected chi connectivity index (χ2v) is 7.28. The summed E-state index contributed by atoms with van der Waals surface area (Å²) in [7, 11) is 0. The van der Waals surface area contributed by atoms with Gasteiger partial charge in [0.25, 0.3) is 0 Å². The van der Waals surface area contributed by atoms with E-state index < -0.39 is 6.04 Å². The van der Waals surface area contributed by atoms with Crippen LogP contribution in [0.4, 0.5) is 4.79 Å². The van der Waals surface area contributed by atoms with Crippen LogP contribution in [-0.2, 0) is 16.1 Å². The molecule has 1 aliphatic heterocycles. The van der Waals surface area contributed by atoms with Gasteiger partial charge in [0.05, 0.1) is 6.04 Å². The number of carbonyl (C=O) groups is 2. The molecule has 2 N–H and O–H groups in total. The zero-order valence-electron chi connectivity index (χ0n) is 15.7. The van der Waals surface area contributed by atoms with Gasteiger partial charge in [-0.1, -0.05) is 49.6 Å². The molecule has 0 unspecified atom stereocenters. The van der Waals surface area contributed by atoms with E-state index in [4.69, 9.17) is 10.5 Å². The number of benzene rings is 1. The fourth-order valence-corrected chi connectivity index (χ4v) is 3.83. The summed E-state index contributed by atoms with van der Waals surface area (Å²) in [5, 5.41) is 0. The number of hydrogen-bond donors (Lipinski definition) is 1. The van der Waals surface area contributed by atoms with Gasteiger partial charge < -0.3 is 20.3 Å². The first-order valence-corrected chi connectivity index (χ1v) is 9.65. The fourth-order valence-electron chi connectivity index (χ4n) is 3.83. The number of piperazine rings is 1. The third-order valence-corrected chi connectivity index (χ3v) is 5.50. The predicted octanol–water partition coefficient (Wildman–Crippen LogP) is 2.80. The summed E-state index contributed by atoms with van der Waals surface area (Å²) in [6.07, 6.45) is 5.38. The Kier molecular flexibility index (Phi) is 8.38. The van der Waals surface area contributed by atoms with E-state index in [9.17, 15) is 9.59 Å². The maximum Gasteiger partial charge on any atom is 0.410 e. The molecule has 1 atom stereocenters. The first-order valence-electron chi connectivity index (χ1n) is 9.65. The third-order valence-electron chi connectivity index (χ3n) is 5.50. The summed E-state index contributed by atoms with van der Waals surface area (Å²) in [5.41, 5.74) is 7.20. The number of amides is 2. The average molecular weight is 396 g/mol. The Hall–Kier alpha value is -1.79. The predicted molar refractivity (Wildman–Crippen MR) is 107 cm³/mol. The molecule has 1 saturated carbocycles. The van der Waals surface area contributed by atoms with E-state index in [1.807, 2.05) is 30.3 Å². The van der Waals surface area contributed by atoms with Gasteiger partial charge in [0.2, 0.25) is 5.91 Å². The van der Waals surface area contributed by atoms with Gasteiger partial charge in [0, 0.05) is 26.2 Å². The number of nitrogens with zero attached hydrogens (tertiary/aromatic N) is 2. The Morgan fingerprint density at radius 1 is 1.00 bits per heavy atom. The van der Waals surface area contributed by atoms with Crippen LogP contribution in [0.2, 0.25) is 0 Å². The van der Waals surface area contributed by atoms with E-state index in [1.54, 1.807) is 9.80 Å². The first kappa shape index (κ1) is 21.5. The highest BCUT2D eigenvalue weighted by atomic mass is 35.5. The van der Waals surface area contributed by atoms with E-state index in [2.05, 4.69) is 0 Å². The molecule has 2 aliphatic rings. The summed E-state index contributed by atoms with van der Waals surface area (Å²) in [4.78, 5) is 28.3. The quantitative estimate of drug-likeness (QED) is 0.850. The Bertz CT molecular complexity index is 600. The summed E-state index contributed by atoms with van der Waals surface area (Å²) >= 11 is 0. The van der Waals surface area contributed by atoms with Crippen LogP contribution in [0.3, 0.4) is 0 Å². The first-order chi connectivity index (χ1) is 12.6. The number of ether oxygens (including phenoxy) is 1. The Labute approximate surface area is 167 Å². The Morgan fingerprint density at radius 2 is 1.59 bits per heavy atom. The largest absolute Gasteiger partial charge is 0.445 e. The zero-order valence-corrected chi connectivity index (χ0v) is 16.5. The number of rotatable bonds is 4. The van der Waals surface area contributed by atoms with E-state index >= 15 is 0 Å². The van der Waals surface area contributed by atoms with Gasteiger partial charge in [-0.2, -0.15) is 0 Å². The molecule has 0 bridgehead atoms. The van der Waals surface area contributed by atoms with Crippen molar-refractivity contribution in [2.45, 2.75) is 44.8 Å². The second kappa shape index (κ2) is 10.5. The molecule has 2 amide bonds. The van der Waals surface area contributed by atoms with Crippen molar-refractivity contribution in [1.82, 2.24) is 9.80 Å². The Morgan fingerprint density at radius 3 is 2.22 bits per heavy atom. The van der Waals surface area contributed by atoms with Gasteiger partial charge in [-0.3, -0.25) is 4.79 Å². The zero-order chi connectivity index (χ0) is 18.4. The molecule has 27 heavy (non-hydrogen) atoms. The maximum absolute atomic E-state index is 12.7. The maximum atomic E-state index is 12.7. The molecular formula is C20H30ClN3O3. The van der Waals surface area contributed by atoms with Crippen molar-refractivity contribution in [3.63, 3.8) is 0 Å². The molecule has 1 saturated heterocycles. The summed E-state index contributed by atoms with van der Waals surface area (Å²) in [6.45, 7) is 2.32. The molecule has 6 nitrogen and oxygen atoms in total. The molecule has 3 rings (SSSR count). The van der Waals surface area contributed by atoms with Crippen molar-refractivity contribution < 1.29 is 14.3 Å². The average Bonchev–Trinajstić information content (AvgIpc) is 2.72. The fraction of sp³-hybridized carbons (Fsp3) is 0.600. The standard InChI is InChI=1S/C20H29N3O3.ClH/c21-18(17-9-5-2-6-10-17)19(24)22-11-13-23(14-12-22)20(25)26-15-16-7-3-1-4-8-16;/h1,3-4,7-8,17-18H,2,5-6,9-15,21H2;1H/t18-;/m0./s1. The summed E-state index contributed by atoms with van der Waals surface area (Å²) in [5.74, 6) is 0.347. The molecule has 1 aliphatic carbocycles. The molecule has 2 fully saturated rings. The lowest BCUT2D eigenvalue weighted by Crippen LogP contribution is -2.56. The van der Waals surface area contributed by atoms with Crippen molar-refractivity contribution in [3.05, 3.63) is 35.9 Å². The third kappa shape index (κ3) is 5.84. The van der Waals surface area contributed by atoms with Crippen LogP contribution in [-0.4, -0.2) is 54.0 Å². The number of hydrogen-bond acceptors (Lipinski definition) is 4. The number of nitrogens with two attached hydrogens (primary N) is 1. The molecule has 0 aromatic heterocycles. The molecule has 1 aromatic carbocycles. The lowest BCUT2D eigenvalue weighted by atomic mass is 9.83. The highest BCUT2D eigenvalue weighted by Crippen LogP contribution is 2.26. The van der Waals surface area contributed by atoms with Crippen LogP contribution in [0, 0.1) is 5.92 Å². The van der Waals surface area contributed by atoms with Crippen molar-refractivity contribution in [3.8, 4) is 0 Å². The van der Waals surface area contributed by atoms with Gasteiger partial charge in [-0.15, -0.1) is 12.4 Å². The second-order valence-electron chi connectivity index (χ2n) is 7.28. The van der Waals surface area contributed by atoms with E-state index in [0.717, 1.165) is 18.4 Å². The summed E-state index contributed by atoms with van der Waals surface area (Å²) in [6, 6.07) is 9.23. The van der Waals surface area contributed by atoms with Gasteiger partial charge >= 0.3 is 6.09 Å². The van der Waals surface area contributed by atoms with Crippen LogP contribution in [0.1, 0.15) is 37.7 Å². The minimum Gasteiger partial charge on any atom is -0.445 e. The monoisotopic (exact) mass is 395 g/mol.